The molecule has 1 rings (SSSR count). The number of aliphatic hydroxyl groups excluding tert-OH is 1. The summed E-state index contributed by atoms with van der Waals surface area (Å²) in [5, 5.41) is 9.75. The zero-order chi connectivity index (χ0) is 17.1. The molecule has 0 spiro atoms. The second-order valence-electron chi connectivity index (χ2n) is 5.42. The largest absolute Gasteiger partial charge is 0.465 e. The molecule has 0 saturated carbocycles. The molecule has 0 aromatic heterocycles. The average molecular weight is 314 g/mol. The van der Waals surface area contributed by atoms with E-state index in [1.54, 1.807) is 0 Å². The third kappa shape index (κ3) is 8.14. The molecule has 22 heavy (non-hydrogen) atoms. The first-order valence-corrected chi connectivity index (χ1v) is 7.83. The van der Waals surface area contributed by atoms with Crippen LogP contribution < -0.4 is 5.73 Å². The summed E-state index contributed by atoms with van der Waals surface area (Å²) >= 11 is 0. The number of esters is 1. The molecule has 0 radical (unpaired) electrons. The summed E-state index contributed by atoms with van der Waals surface area (Å²) in [6.45, 7) is 8.85. The quantitative estimate of drug-likeness (QED) is 0.565. The van der Waals surface area contributed by atoms with Crippen molar-refractivity contribution in [3.8, 4) is 0 Å². The fourth-order valence-electron chi connectivity index (χ4n) is 2.44. The number of ether oxygens (including phenoxy) is 1. The van der Waals surface area contributed by atoms with Crippen LogP contribution in [-0.2, 0) is 14.3 Å². The number of likely N-dealkylation sites (tertiary alicyclic amines) is 1. The summed E-state index contributed by atoms with van der Waals surface area (Å²) < 4.78 is 5.11. The average Bonchev–Trinajstić information content (AvgIpc) is 2.81. The molecular formula is C16H30N2O4. The van der Waals surface area contributed by atoms with Gasteiger partial charge in [-0.15, -0.1) is 0 Å². The van der Waals surface area contributed by atoms with E-state index in [9.17, 15) is 14.7 Å². The van der Waals surface area contributed by atoms with E-state index < -0.39 is 0 Å². The number of hydrogen-bond donors (Lipinski definition) is 2. The molecule has 6 heteroatoms. The highest BCUT2D eigenvalue weighted by Crippen LogP contribution is 2.25. The molecule has 0 bridgehead atoms. The summed E-state index contributed by atoms with van der Waals surface area (Å²) in [6, 6.07) is -0.202. The zero-order valence-electron chi connectivity index (χ0n) is 14.1. The van der Waals surface area contributed by atoms with Gasteiger partial charge in [0.1, 0.15) is 6.04 Å². The summed E-state index contributed by atoms with van der Waals surface area (Å²) in [6.07, 6.45) is 5.28. The van der Waals surface area contributed by atoms with Crippen molar-refractivity contribution < 1.29 is 19.4 Å². The van der Waals surface area contributed by atoms with Crippen LogP contribution in [0.5, 0.6) is 0 Å². The molecule has 0 aromatic rings. The van der Waals surface area contributed by atoms with Crippen LogP contribution in [0.15, 0.2) is 12.2 Å². The van der Waals surface area contributed by atoms with E-state index in [0.29, 0.717) is 25.5 Å². The Hall–Kier alpha value is -1.40. The lowest BCUT2D eigenvalue weighted by Gasteiger charge is -2.24. The maximum Gasteiger partial charge on any atom is 0.323 e. The minimum absolute atomic E-state index is 0.159. The number of carbonyl (C=O) groups excluding carboxylic acids is 2. The van der Waals surface area contributed by atoms with E-state index in [1.807, 2.05) is 26.8 Å². The number of primary amides is 1. The molecule has 128 valence electrons. The highest BCUT2D eigenvalue weighted by atomic mass is 16.5. The molecule has 3 N–H and O–H groups in total. The number of allylic oxidation sites excluding steroid dienone is 1. The van der Waals surface area contributed by atoms with Gasteiger partial charge in [-0.3, -0.25) is 14.5 Å². The molecule has 1 saturated heterocycles. The van der Waals surface area contributed by atoms with E-state index in [-0.39, 0.29) is 24.0 Å². The molecule has 1 amide bonds. The number of aliphatic hydroxyl groups is 1. The van der Waals surface area contributed by atoms with E-state index >= 15 is 0 Å². The molecule has 0 aliphatic carbocycles. The Balaban J connectivity index is 0.000000980. The smallest absolute Gasteiger partial charge is 0.323 e. The van der Waals surface area contributed by atoms with Crippen LogP contribution in [0.3, 0.4) is 0 Å². The maximum absolute atomic E-state index is 11.9. The Morgan fingerprint density at radius 1 is 1.45 bits per heavy atom. The third-order valence-electron chi connectivity index (χ3n) is 3.38. The van der Waals surface area contributed by atoms with Gasteiger partial charge in [0.15, 0.2) is 0 Å². The van der Waals surface area contributed by atoms with E-state index in [0.717, 1.165) is 13.0 Å². The lowest BCUT2D eigenvalue weighted by molar-refractivity contribution is -0.148. The van der Waals surface area contributed by atoms with Gasteiger partial charge < -0.3 is 15.6 Å². The number of nitrogens with zero attached hydrogens (tertiary/aromatic N) is 1. The van der Waals surface area contributed by atoms with Gasteiger partial charge in [0, 0.05) is 20.0 Å². The Kier molecular flexibility index (Phi) is 10.5. The summed E-state index contributed by atoms with van der Waals surface area (Å²) in [5.74, 6) is -0.110. The van der Waals surface area contributed by atoms with Gasteiger partial charge >= 0.3 is 5.97 Å². The molecule has 1 heterocycles. The molecule has 1 unspecified atom stereocenters. The topological polar surface area (TPSA) is 92.9 Å². The van der Waals surface area contributed by atoms with Crippen LogP contribution in [0.25, 0.3) is 0 Å². The fourth-order valence-corrected chi connectivity index (χ4v) is 2.44. The monoisotopic (exact) mass is 314 g/mol. The summed E-state index contributed by atoms with van der Waals surface area (Å²) in [7, 11) is 0. The summed E-state index contributed by atoms with van der Waals surface area (Å²) in [5.41, 5.74) is 4.47. The highest BCUT2D eigenvalue weighted by Gasteiger charge is 2.37. The van der Waals surface area contributed by atoms with Crippen LogP contribution in [0.4, 0.5) is 0 Å². The molecular weight excluding hydrogens is 284 g/mol. The van der Waals surface area contributed by atoms with Gasteiger partial charge in [0.2, 0.25) is 5.91 Å². The number of rotatable bonds is 6. The number of amides is 1. The van der Waals surface area contributed by atoms with Crippen LogP contribution in [0, 0.1) is 5.92 Å². The number of β-amino-alcohol motifs (C(OH)–C–C–N with tert-alkyl or cyclic N) is 1. The standard InChI is InChI=1S/C14H25NO3.C2H5NO/c1-4-7-11-8-13(14(17)18-6-3)15(9-11)10-12(16)5-2;1-2(3)4/h4,7,11-13,16H,5-6,8-10H2,1-3H3;1H3,(H2,3,4)/t11-,12?,13-;/m1./s1. The third-order valence-corrected chi connectivity index (χ3v) is 3.38. The van der Waals surface area contributed by atoms with Crippen LogP contribution in [0.2, 0.25) is 0 Å². The van der Waals surface area contributed by atoms with Gasteiger partial charge in [0.05, 0.1) is 12.7 Å². The summed E-state index contributed by atoms with van der Waals surface area (Å²) in [4.78, 5) is 23.2. The van der Waals surface area contributed by atoms with Crippen molar-refractivity contribution in [3.63, 3.8) is 0 Å². The molecule has 0 aromatic carbocycles. The van der Waals surface area contributed by atoms with Crippen LogP contribution >= 0.6 is 0 Å². The lowest BCUT2D eigenvalue weighted by atomic mass is 10.1. The molecule has 6 nitrogen and oxygen atoms in total. The zero-order valence-corrected chi connectivity index (χ0v) is 14.1. The molecule has 1 aliphatic rings. The van der Waals surface area contributed by atoms with Crippen molar-refractivity contribution in [2.75, 3.05) is 19.7 Å². The first kappa shape index (κ1) is 20.6. The first-order chi connectivity index (χ1) is 10.3. The van der Waals surface area contributed by atoms with Crippen molar-refractivity contribution in [1.29, 1.82) is 0 Å². The number of hydrogen-bond acceptors (Lipinski definition) is 5. The van der Waals surface area contributed by atoms with E-state index in [2.05, 4.69) is 16.7 Å². The SMILES string of the molecule is CC(N)=O.CC=C[C@@H]1C[C@H](C(=O)OCC)N(CC(O)CC)C1. The Labute approximate surface area is 133 Å². The molecule has 1 aliphatic heterocycles. The van der Waals surface area contributed by atoms with Gasteiger partial charge in [-0.2, -0.15) is 0 Å². The van der Waals surface area contributed by atoms with Crippen molar-refractivity contribution in [2.24, 2.45) is 11.7 Å². The predicted molar refractivity (Wildman–Crippen MR) is 86.1 cm³/mol. The second kappa shape index (κ2) is 11.2. The van der Waals surface area contributed by atoms with Crippen molar-refractivity contribution in [1.82, 2.24) is 4.90 Å². The van der Waals surface area contributed by atoms with E-state index in [1.165, 1.54) is 6.92 Å². The van der Waals surface area contributed by atoms with Gasteiger partial charge in [0.25, 0.3) is 0 Å². The lowest BCUT2D eigenvalue weighted by Crippen LogP contribution is -2.41. The second-order valence-corrected chi connectivity index (χ2v) is 5.42. The predicted octanol–water partition coefficient (Wildman–Crippen LogP) is 1.08. The first-order valence-electron chi connectivity index (χ1n) is 7.83. The molecule has 1 fully saturated rings. The van der Waals surface area contributed by atoms with Crippen LogP contribution in [0.1, 0.15) is 40.5 Å². The van der Waals surface area contributed by atoms with Gasteiger partial charge in [-0.05, 0) is 32.6 Å². The maximum atomic E-state index is 11.9. The van der Waals surface area contributed by atoms with Crippen LogP contribution in [-0.4, -0.2) is 53.7 Å². The normalized spacial score (nSPS) is 23.0. The van der Waals surface area contributed by atoms with E-state index in [4.69, 9.17) is 4.74 Å². The Morgan fingerprint density at radius 3 is 2.50 bits per heavy atom. The van der Waals surface area contributed by atoms with Gasteiger partial charge in [-0.25, -0.2) is 0 Å². The van der Waals surface area contributed by atoms with Crippen molar-refractivity contribution in [3.05, 3.63) is 12.2 Å². The van der Waals surface area contributed by atoms with Gasteiger partial charge in [-0.1, -0.05) is 19.1 Å². The number of carbonyl (C=O) groups is 2. The highest BCUT2D eigenvalue weighted by molar-refractivity contribution is 5.76. The Morgan fingerprint density at radius 2 is 2.05 bits per heavy atom. The minimum atomic E-state index is -0.369. The minimum Gasteiger partial charge on any atom is -0.465 e. The fraction of sp³-hybridized carbons (Fsp3) is 0.750. The van der Waals surface area contributed by atoms with Crippen molar-refractivity contribution >= 4 is 11.9 Å². The molecule has 3 atom stereocenters. The van der Waals surface area contributed by atoms with Crippen molar-refractivity contribution in [2.45, 2.75) is 52.7 Å². The Bertz CT molecular complexity index is 367. The number of nitrogens with two attached hydrogens (primary N) is 1.